The molecule has 4 heterocycles. The second-order valence-corrected chi connectivity index (χ2v) is 17.9. The van der Waals surface area contributed by atoms with E-state index < -0.39 is 42.2 Å². The van der Waals surface area contributed by atoms with Crippen LogP contribution in [0.15, 0.2) is 118 Å². The standard InChI is InChI=1S/C33H26NO2.C21H28N.Ir/c1-19-18-34-28(14-21(19)17-33(2,3)4)25-11-7-10-23-26-15-30-27(16-29(26)36-32(23)25)24-13-12-20-8-5-6-9-22(20)31(24)35-30;1-20(2,3)13-17-12-19(16-10-8-7-9-11-16)22-15-18(17)14-21(4,5)6;/h5-10,12-16,18H,17H2,1-4H3;7-10,12,15H,13-14H2,1-6H3;/q2*-1;/i1D3,17D2;13D2,14D2;. The fourth-order valence-electron chi connectivity index (χ4n) is 7.19. The zero-order chi connectivity index (χ0) is 48.9. The average molecular weight is 964 g/mol. The van der Waals surface area contributed by atoms with Gasteiger partial charge >= 0.3 is 0 Å². The Morgan fingerprint density at radius 2 is 1.17 bits per heavy atom. The van der Waals surface area contributed by atoms with Crippen molar-refractivity contribution in [2.45, 2.75) is 88.3 Å². The van der Waals surface area contributed by atoms with Gasteiger partial charge in [0.1, 0.15) is 16.7 Å². The van der Waals surface area contributed by atoms with Gasteiger partial charge in [0.05, 0.1) is 5.58 Å². The van der Waals surface area contributed by atoms with E-state index in [2.05, 4.69) is 46.4 Å². The zero-order valence-corrected chi connectivity index (χ0v) is 37.3. The summed E-state index contributed by atoms with van der Waals surface area (Å²) in [6.45, 7) is 13.7. The van der Waals surface area contributed by atoms with Gasteiger partial charge in [0, 0.05) is 66.4 Å². The van der Waals surface area contributed by atoms with Gasteiger partial charge in [0.15, 0.2) is 0 Å². The van der Waals surface area contributed by atoms with E-state index in [4.69, 9.17) is 21.2 Å². The summed E-state index contributed by atoms with van der Waals surface area (Å²) >= 11 is 0. The molecule has 1 radical (unpaired) electrons. The minimum absolute atomic E-state index is 0. The Kier molecular flexibility index (Phi) is 8.71. The van der Waals surface area contributed by atoms with Crippen molar-refractivity contribution in [3.63, 3.8) is 0 Å². The number of aryl methyl sites for hydroxylation is 1. The second kappa shape index (κ2) is 16.2. The van der Waals surface area contributed by atoms with Crippen molar-refractivity contribution in [1.29, 1.82) is 0 Å². The Morgan fingerprint density at radius 3 is 1.85 bits per heavy atom. The summed E-state index contributed by atoms with van der Waals surface area (Å²) in [5.41, 5.74) is 3.50. The molecule has 9 aromatic rings. The van der Waals surface area contributed by atoms with Gasteiger partial charge in [-0.3, -0.25) is 0 Å². The van der Waals surface area contributed by atoms with Gasteiger partial charge in [-0.25, -0.2) is 0 Å². The Hall–Kier alpha value is -5.09. The van der Waals surface area contributed by atoms with E-state index in [1.807, 2.05) is 90.1 Å². The number of aromatic nitrogens is 2. The molecular formula is C54H54IrN2O2-2. The van der Waals surface area contributed by atoms with Crippen LogP contribution in [0.3, 0.4) is 0 Å². The molecule has 9 rings (SSSR count). The number of fused-ring (bicyclic) bond motifs is 8. The summed E-state index contributed by atoms with van der Waals surface area (Å²) in [4.78, 5) is 8.92. The molecule has 0 saturated carbocycles. The van der Waals surface area contributed by atoms with Gasteiger partial charge in [-0.1, -0.05) is 121 Å². The fourth-order valence-corrected chi connectivity index (χ4v) is 7.19. The molecule has 4 aromatic heterocycles. The third-order valence-corrected chi connectivity index (χ3v) is 9.49. The van der Waals surface area contributed by atoms with Crippen molar-refractivity contribution in [3.8, 4) is 22.5 Å². The molecule has 0 bridgehead atoms. The van der Waals surface area contributed by atoms with E-state index in [-0.39, 0.29) is 31.2 Å². The van der Waals surface area contributed by atoms with Gasteiger partial charge in [-0.2, -0.15) is 0 Å². The molecule has 0 unspecified atom stereocenters. The van der Waals surface area contributed by atoms with Gasteiger partial charge in [-0.15, -0.1) is 54.1 Å². The molecule has 0 fully saturated rings. The number of hydrogen-bond donors (Lipinski definition) is 0. The third kappa shape index (κ3) is 9.23. The Bertz CT molecular complexity index is 3340. The second-order valence-electron chi connectivity index (χ2n) is 17.9. The summed E-state index contributed by atoms with van der Waals surface area (Å²) in [6.07, 6.45) is -2.63. The van der Waals surface area contributed by atoms with Crippen molar-refractivity contribution < 1.29 is 41.3 Å². The zero-order valence-electron chi connectivity index (χ0n) is 43.9. The van der Waals surface area contributed by atoms with E-state index in [9.17, 15) is 0 Å². The molecule has 0 atom stereocenters. The van der Waals surface area contributed by atoms with Gasteiger partial charge < -0.3 is 18.8 Å². The largest absolute Gasteiger partial charge is 0.501 e. The van der Waals surface area contributed by atoms with Crippen molar-refractivity contribution in [2.24, 2.45) is 16.2 Å². The monoisotopic (exact) mass is 964 g/mol. The summed E-state index contributed by atoms with van der Waals surface area (Å²) < 4.78 is 89.5. The molecule has 0 N–H and O–H groups in total. The van der Waals surface area contributed by atoms with Crippen LogP contribution in [0.4, 0.5) is 0 Å². The van der Waals surface area contributed by atoms with Crippen LogP contribution >= 0.6 is 0 Å². The molecule has 0 aliphatic carbocycles. The first-order valence-corrected chi connectivity index (χ1v) is 19.6. The minimum atomic E-state index is -2.52. The number of hydrogen-bond acceptors (Lipinski definition) is 4. The molecule has 0 aliphatic heterocycles. The average Bonchev–Trinajstić information content (AvgIpc) is 3.81. The summed E-state index contributed by atoms with van der Waals surface area (Å²) in [7, 11) is 0. The maximum Gasteiger partial charge on any atom is 0.143 e. The predicted octanol–water partition coefficient (Wildman–Crippen LogP) is 15.1. The van der Waals surface area contributed by atoms with Crippen LogP contribution in [0.5, 0.6) is 0 Å². The molecule has 59 heavy (non-hydrogen) atoms. The maximum atomic E-state index is 8.88. The topological polar surface area (TPSA) is 52.1 Å². The number of benzene rings is 5. The van der Waals surface area contributed by atoms with Crippen LogP contribution in [0, 0.1) is 35.2 Å². The molecular weight excluding hydrogens is 901 g/mol. The molecule has 5 heteroatoms. The van der Waals surface area contributed by atoms with E-state index >= 15 is 0 Å². The first kappa shape index (κ1) is 31.8. The van der Waals surface area contributed by atoms with Crippen LogP contribution in [0.1, 0.15) is 96.9 Å². The van der Waals surface area contributed by atoms with E-state index in [0.717, 1.165) is 49.0 Å². The number of furan rings is 2. The first-order chi connectivity index (χ1) is 31.0. The van der Waals surface area contributed by atoms with Crippen LogP contribution in [0.25, 0.3) is 77.2 Å². The Morgan fingerprint density at radius 1 is 0.559 bits per heavy atom. The third-order valence-electron chi connectivity index (χ3n) is 9.49. The Labute approximate surface area is 375 Å². The van der Waals surface area contributed by atoms with Gasteiger partial charge in [-0.05, 0) is 93.9 Å². The van der Waals surface area contributed by atoms with Crippen molar-refractivity contribution in [2.75, 3.05) is 0 Å². The summed E-state index contributed by atoms with van der Waals surface area (Å²) in [5, 5.41) is 5.82. The fraction of sp³-hybridized carbons (Fsp3) is 0.296. The minimum Gasteiger partial charge on any atom is -0.501 e. The van der Waals surface area contributed by atoms with Crippen molar-refractivity contribution in [1.82, 2.24) is 9.97 Å². The van der Waals surface area contributed by atoms with Crippen molar-refractivity contribution >= 4 is 54.6 Å². The molecule has 5 aromatic carbocycles. The summed E-state index contributed by atoms with van der Waals surface area (Å²) in [6, 6.07) is 36.9. The Balaban J connectivity index is 0.000000220. The van der Waals surface area contributed by atoms with Crippen LogP contribution in [-0.4, -0.2) is 9.97 Å². The normalized spacial score (nSPS) is 15.5. The van der Waals surface area contributed by atoms with Gasteiger partial charge in [0.25, 0.3) is 0 Å². The molecule has 303 valence electrons. The van der Waals surface area contributed by atoms with E-state index in [1.165, 1.54) is 18.5 Å². The van der Waals surface area contributed by atoms with Gasteiger partial charge in [0.2, 0.25) is 0 Å². The smallest absolute Gasteiger partial charge is 0.143 e. The van der Waals surface area contributed by atoms with E-state index in [1.54, 1.807) is 39.0 Å². The van der Waals surface area contributed by atoms with Crippen molar-refractivity contribution in [3.05, 3.63) is 144 Å². The summed E-state index contributed by atoms with van der Waals surface area (Å²) in [5.74, 6) is 0. The maximum absolute atomic E-state index is 8.88. The SMILES string of the molecule is [2H]C([2H])([2H])c1cnc(-c2[c-]ccc3c2oc2cc4c(cc23)oc2c3ccccc3ccc42)cc1C([2H])([2H])C(C)(C)C.[2H]C([2H])(c1cnc(-c2[c-]cccc2)cc1C([2H])([2H])C(C)(C)C)C(C)(C)C.[Ir]. The van der Waals surface area contributed by atoms with Crippen LogP contribution < -0.4 is 0 Å². The molecule has 0 saturated heterocycles. The predicted molar refractivity (Wildman–Crippen MR) is 243 cm³/mol. The van der Waals surface area contributed by atoms with Crippen LogP contribution in [-0.2, 0) is 39.2 Å². The number of pyridine rings is 2. The quantitative estimate of drug-likeness (QED) is 0.161. The molecule has 0 amide bonds. The number of nitrogens with zero attached hydrogens (tertiary/aromatic N) is 2. The van der Waals surface area contributed by atoms with E-state index in [0.29, 0.717) is 39.2 Å². The first-order valence-electron chi connectivity index (χ1n) is 24.1. The molecule has 0 spiro atoms. The molecule has 4 nitrogen and oxygen atoms in total. The van der Waals surface area contributed by atoms with Crippen LogP contribution in [0.2, 0.25) is 0 Å². The number of rotatable bonds is 5. The molecule has 0 aliphatic rings.